The van der Waals surface area contributed by atoms with Gasteiger partial charge in [-0.1, -0.05) is 32.9 Å². The Balaban J connectivity index is 1.97. The Hall–Kier alpha value is -2.62. The van der Waals surface area contributed by atoms with Crippen LogP contribution in [0.5, 0.6) is 5.75 Å². The highest BCUT2D eigenvalue weighted by atomic mass is 16.5. The average molecular weight is 310 g/mol. The van der Waals surface area contributed by atoms with Crippen LogP contribution in [0.2, 0.25) is 0 Å². The molecule has 1 amide bonds. The number of hydrogen-bond acceptors (Lipinski definition) is 3. The van der Waals surface area contributed by atoms with Gasteiger partial charge in [0.2, 0.25) is 0 Å². The third kappa shape index (κ3) is 4.68. The summed E-state index contributed by atoms with van der Waals surface area (Å²) in [6.45, 7) is 6.42. The Morgan fingerprint density at radius 3 is 2.17 bits per heavy atom. The van der Waals surface area contributed by atoms with Crippen LogP contribution in [0.15, 0.2) is 53.6 Å². The van der Waals surface area contributed by atoms with E-state index in [1.54, 1.807) is 13.3 Å². The standard InChI is InChI=1S/C19H22N2O2/c1-19(2,3)16-9-7-15(8-10-16)18(22)21-20-13-14-5-11-17(23-4)12-6-14/h5-13H,1-4H3,(H,21,22). The van der Waals surface area contributed by atoms with Gasteiger partial charge in [0.15, 0.2) is 0 Å². The first kappa shape index (κ1) is 16.7. The van der Waals surface area contributed by atoms with Crippen molar-refractivity contribution in [2.24, 2.45) is 5.10 Å². The Morgan fingerprint density at radius 2 is 1.65 bits per heavy atom. The van der Waals surface area contributed by atoms with Gasteiger partial charge in [-0.15, -0.1) is 0 Å². The highest BCUT2D eigenvalue weighted by molar-refractivity contribution is 5.94. The molecule has 2 rings (SSSR count). The summed E-state index contributed by atoms with van der Waals surface area (Å²) in [5, 5.41) is 3.98. The molecule has 0 aliphatic carbocycles. The summed E-state index contributed by atoms with van der Waals surface area (Å²) in [4.78, 5) is 12.1. The first-order valence-corrected chi connectivity index (χ1v) is 7.48. The number of hydrogen-bond donors (Lipinski definition) is 1. The predicted molar refractivity (Wildman–Crippen MR) is 93.2 cm³/mol. The van der Waals surface area contributed by atoms with Gasteiger partial charge < -0.3 is 4.74 Å². The minimum Gasteiger partial charge on any atom is -0.497 e. The number of nitrogens with one attached hydrogen (secondary N) is 1. The SMILES string of the molecule is COc1ccc(C=NNC(=O)c2ccc(C(C)(C)C)cc2)cc1. The van der Waals surface area contributed by atoms with Gasteiger partial charge in [0.1, 0.15) is 5.75 Å². The fraction of sp³-hybridized carbons (Fsp3) is 0.263. The van der Waals surface area contributed by atoms with Crippen molar-refractivity contribution in [2.45, 2.75) is 26.2 Å². The van der Waals surface area contributed by atoms with Gasteiger partial charge in [-0.2, -0.15) is 5.10 Å². The minimum atomic E-state index is -0.227. The number of benzene rings is 2. The molecule has 4 heteroatoms. The van der Waals surface area contributed by atoms with Crippen LogP contribution in [0.4, 0.5) is 0 Å². The molecule has 0 heterocycles. The molecule has 23 heavy (non-hydrogen) atoms. The fourth-order valence-corrected chi connectivity index (χ4v) is 2.04. The highest BCUT2D eigenvalue weighted by Crippen LogP contribution is 2.22. The number of rotatable bonds is 4. The molecule has 0 aliphatic rings. The van der Waals surface area contributed by atoms with Crippen molar-refractivity contribution in [3.63, 3.8) is 0 Å². The summed E-state index contributed by atoms with van der Waals surface area (Å²) in [6.07, 6.45) is 1.60. The van der Waals surface area contributed by atoms with E-state index in [-0.39, 0.29) is 11.3 Å². The van der Waals surface area contributed by atoms with E-state index in [0.29, 0.717) is 5.56 Å². The maximum absolute atomic E-state index is 12.1. The van der Waals surface area contributed by atoms with Crippen LogP contribution in [0.1, 0.15) is 42.3 Å². The molecule has 0 unspecified atom stereocenters. The molecular formula is C19H22N2O2. The Morgan fingerprint density at radius 1 is 1.04 bits per heavy atom. The molecule has 2 aromatic rings. The number of methoxy groups -OCH3 is 1. The quantitative estimate of drug-likeness (QED) is 0.690. The number of nitrogens with zero attached hydrogens (tertiary/aromatic N) is 1. The normalized spacial score (nSPS) is 11.5. The smallest absolute Gasteiger partial charge is 0.271 e. The maximum Gasteiger partial charge on any atom is 0.271 e. The van der Waals surface area contributed by atoms with E-state index in [1.165, 1.54) is 5.56 Å². The molecule has 0 aromatic heterocycles. The van der Waals surface area contributed by atoms with Crippen molar-refractivity contribution in [2.75, 3.05) is 7.11 Å². The summed E-state index contributed by atoms with van der Waals surface area (Å²) in [7, 11) is 1.62. The zero-order chi connectivity index (χ0) is 16.9. The van der Waals surface area contributed by atoms with Gasteiger partial charge in [0.05, 0.1) is 13.3 Å². The molecule has 0 spiro atoms. The van der Waals surface area contributed by atoms with E-state index in [2.05, 4.69) is 31.3 Å². The second kappa shape index (κ2) is 7.09. The average Bonchev–Trinajstić information content (AvgIpc) is 2.54. The zero-order valence-corrected chi connectivity index (χ0v) is 14.0. The third-order valence-corrected chi connectivity index (χ3v) is 3.51. The summed E-state index contributed by atoms with van der Waals surface area (Å²) < 4.78 is 5.09. The van der Waals surface area contributed by atoms with Gasteiger partial charge in [-0.3, -0.25) is 4.79 Å². The first-order valence-electron chi connectivity index (χ1n) is 7.48. The maximum atomic E-state index is 12.1. The summed E-state index contributed by atoms with van der Waals surface area (Å²) in [5.74, 6) is 0.556. The van der Waals surface area contributed by atoms with Crippen LogP contribution in [0.3, 0.4) is 0 Å². The van der Waals surface area contributed by atoms with Crippen LogP contribution in [-0.2, 0) is 5.41 Å². The Kier molecular flexibility index (Phi) is 5.16. The van der Waals surface area contributed by atoms with Gasteiger partial charge in [-0.25, -0.2) is 5.43 Å². The van der Waals surface area contributed by atoms with Crippen LogP contribution in [0.25, 0.3) is 0 Å². The Bertz CT molecular complexity index is 681. The topological polar surface area (TPSA) is 50.7 Å². The van der Waals surface area contributed by atoms with Crippen molar-refractivity contribution in [1.82, 2.24) is 5.43 Å². The molecule has 120 valence electrons. The molecule has 0 saturated carbocycles. The molecule has 0 fully saturated rings. The molecule has 0 bridgehead atoms. The van der Waals surface area contributed by atoms with Gasteiger partial charge in [0.25, 0.3) is 5.91 Å². The van der Waals surface area contributed by atoms with Gasteiger partial charge in [-0.05, 0) is 52.9 Å². The van der Waals surface area contributed by atoms with Crippen molar-refractivity contribution in [3.8, 4) is 5.75 Å². The monoisotopic (exact) mass is 310 g/mol. The first-order chi connectivity index (χ1) is 10.9. The zero-order valence-electron chi connectivity index (χ0n) is 14.0. The Labute approximate surface area is 137 Å². The van der Waals surface area contributed by atoms with Crippen LogP contribution < -0.4 is 10.2 Å². The molecule has 0 radical (unpaired) electrons. The predicted octanol–water partition coefficient (Wildman–Crippen LogP) is 3.76. The fourth-order valence-electron chi connectivity index (χ4n) is 2.04. The van der Waals surface area contributed by atoms with Crippen molar-refractivity contribution in [1.29, 1.82) is 0 Å². The molecule has 4 nitrogen and oxygen atoms in total. The second-order valence-corrected chi connectivity index (χ2v) is 6.30. The summed E-state index contributed by atoms with van der Waals surface area (Å²) >= 11 is 0. The summed E-state index contributed by atoms with van der Waals surface area (Å²) in [5.41, 5.74) is 5.27. The van der Waals surface area contributed by atoms with Crippen LogP contribution in [0, 0.1) is 0 Å². The third-order valence-electron chi connectivity index (χ3n) is 3.51. The van der Waals surface area contributed by atoms with Crippen molar-refractivity contribution < 1.29 is 9.53 Å². The lowest BCUT2D eigenvalue weighted by Gasteiger charge is -2.18. The van der Waals surface area contributed by atoms with Crippen LogP contribution in [-0.4, -0.2) is 19.2 Å². The molecule has 1 N–H and O–H groups in total. The van der Waals surface area contributed by atoms with E-state index >= 15 is 0 Å². The number of carbonyl (C=O) groups excluding carboxylic acids is 1. The van der Waals surface area contributed by atoms with E-state index in [1.807, 2.05) is 48.5 Å². The van der Waals surface area contributed by atoms with Gasteiger partial charge in [0, 0.05) is 5.56 Å². The molecule has 0 atom stereocenters. The lowest BCUT2D eigenvalue weighted by atomic mass is 9.87. The van der Waals surface area contributed by atoms with Crippen molar-refractivity contribution >= 4 is 12.1 Å². The molecule has 0 aliphatic heterocycles. The molecular weight excluding hydrogens is 288 g/mol. The lowest BCUT2D eigenvalue weighted by molar-refractivity contribution is 0.0955. The number of ether oxygens (including phenoxy) is 1. The summed E-state index contributed by atoms with van der Waals surface area (Å²) in [6, 6.07) is 15.0. The van der Waals surface area contributed by atoms with Gasteiger partial charge >= 0.3 is 0 Å². The van der Waals surface area contributed by atoms with E-state index < -0.39 is 0 Å². The number of carbonyl (C=O) groups is 1. The minimum absolute atomic E-state index is 0.0710. The van der Waals surface area contributed by atoms with E-state index in [0.717, 1.165) is 11.3 Å². The number of hydrazone groups is 1. The molecule has 2 aromatic carbocycles. The van der Waals surface area contributed by atoms with E-state index in [4.69, 9.17) is 4.74 Å². The second-order valence-electron chi connectivity index (χ2n) is 6.30. The van der Waals surface area contributed by atoms with Crippen molar-refractivity contribution in [3.05, 3.63) is 65.2 Å². The lowest BCUT2D eigenvalue weighted by Crippen LogP contribution is -2.18. The highest BCUT2D eigenvalue weighted by Gasteiger charge is 2.14. The molecule has 0 saturated heterocycles. The largest absolute Gasteiger partial charge is 0.497 e. The van der Waals surface area contributed by atoms with E-state index in [9.17, 15) is 4.79 Å². The number of amides is 1. The van der Waals surface area contributed by atoms with Crippen LogP contribution >= 0.6 is 0 Å².